The zero-order chi connectivity index (χ0) is 73.1. The Kier molecular flexibility index (Phi) is 5.68. The fourth-order valence-corrected chi connectivity index (χ4v) is 10.5. The third kappa shape index (κ3) is 7.03. The highest BCUT2D eigenvalue weighted by atomic mass is 35.5. The first-order valence-corrected chi connectivity index (χ1v) is 24.1. The number of rotatable bonds is 4. The first-order chi connectivity index (χ1) is 45.8. The number of furan rings is 2. The van der Waals surface area contributed by atoms with Gasteiger partial charge in [0.05, 0.1) is 47.0 Å². The van der Waals surface area contributed by atoms with Crippen LogP contribution in [-0.4, -0.2) is 6.71 Å². The first-order valence-electron chi connectivity index (χ1n) is 36.3. The number of hydrogen-bond acceptors (Lipinski definition) is 4. The standard InChI is InChI=1S/C66H55BCl2N2O2/c1-64(2,3)40-32-53-59-54(33-40)71(61-46(39-22-14-11-15-23-39)37-48(66(7,8)9)58-44-25-17-19-27-56(44)73-63(58)61)52-35-42(69)29-31-50(52)67(59)49-30-28-41(68)34-51(49)70(53)60-45(38-20-12-10-13-21-38)36-47(65(4,5)6)57-43-24-16-18-26-55(43)72-62(57)60/h10-37H,1-9H3/i10D,11D,12D,13D,14D,15D,16D,17D,18D,19D,20D,21D,22D,23D,24D,25D,26D,27D,28D,29D,30D,31D,34D,35D,36D,37D. The summed E-state index contributed by atoms with van der Waals surface area (Å²) in [5.41, 5.74) is -10.8. The molecule has 9 aromatic carbocycles. The normalized spacial score (nSPS) is 18.6. The number of anilines is 6. The summed E-state index contributed by atoms with van der Waals surface area (Å²) in [4.78, 5) is 2.49. The molecule has 4 heterocycles. The fourth-order valence-electron chi connectivity index (χ4n) is 10.2. The smallest absolute Gasteiger partial charge is 0.252 e. The van der Waals surface area contributed by atoms with Crippen molar-refractivity contribution in [1.29, 1.82) is 0 Å². The Morgan fingerprint density at radius 1 is 0.452 bits per heavy atom. The number of fused-ring (bicyclic) bond motifs is 10. The van der Waals surface area contributed by atoms with Crippen LogP contribution in [0.2, 0.25) is 10.0 Å². The van der Waals surface area contributed by atoms with Crippen molar-refractivity contribution in [2.75, 3.05) is 9.80 Å². The lowest BCUT2D eigenvalue weighted by Crippen LogP contribution is -2.61. The summed E-state index contributed by atoms with van der Waals surface area (Å²) in [5.74, 6) is 0. The van der Waals surface area contributed by atoms with Gasteiger partial charge in [-0.25, -0.2) is 0 Å². The molecule has 0 aliphatic carbocycles. The van der Waals surface area contributed by atoms with Gasteiger partial charge in [0.15, 0.2) is 11.2 Å². The molecule has 0 saturated carbocycles. The average Bonchev–Trinajstić information content (AvgIpc) is 1.54. The predicted molar refractivity (Wildman–Crippen MR) is 312 cm³/mol. The molecule has 0 radical (unpaired) electrons. The lowest BCUT2D eigenvalue weighted by atomic mass is 9.33. The van der Waals surface area contributed by atoms with E-state index < -0.39 is 268 Å². The number of nitrogens with zero attached hydrogens (tertiary/aromatic N) is 2. The number of para-hydroxylation sites is 2. The second-order valence-electron chi connectivity index (χ2n) is 21.2. The largest absolute Gasteiger partial charge is 0.454 e. The van der Waals surface area contributed by atoms with Gasteiger partial charge in [-0.15, -0.1) is 0 Å². The average molecular weight is 1020 g/mol. The topological polar surface area (TPSA) is 32.8 Å². The summed E-state index contributed by atoms with van der Waals surface area (Å²) in [6.07, 6.45) is 0. The molecule has 2 aliphatic heterocycles. The van der Waals surface area contributed by atoms with Gasteiger partial charge in [0, 0.05) is 65.5 Å². The van der Waals surface area contributed by atoms with Crippen molar-refractivity contribution in [2.45, 2.75) is 78.6 Å². The SMILES string of the molecule is [2H]c1c([2H])c([2H])c(-c2c([2H])c(C(C)(C)C)c3c(oc4c([2H])c([2H])c([2H])c([2H])c43)c2N2c3cc(C(C)(C)C)cc4c3B(c3c([2H])c([2H])c(Cl)c([2H])c32)c2c([2H])c([2H])c(Cl)c([2H])c2N4c2c(-c3c([2H])c([2H])c([2H])c([2H])c3[2H])c([2H])c(C(C)(C)C)c3c2oc2c([2H])c([2H])c([2H])c([2H])c23)c([2H])c1[2H]. The summed E-state index contributed by atoms with van der Waals surface area (Å²) >= 11 is 14.3. The highest BCUT2D eigenvalue weighted by Gasteiger charge is 2.47. The summed E-state index contributed by atoms with van der Waals surface area (Å²) in [7, 11) is 0. The van der Waals surface area contributed by atoms with Gasteiger partial charge in [-0.1, -0.05) is 194 Å². The van der Waals surface area contributed by atoms with Crippen LogP contribution in [0.15, 0.2) is 178 Å². The van der Waals surface area contributed by atoms with E-state index in [-0.39, 0.29) is 55.1 Å². The highest BCUT2D eigenvalue weighted by Crippen LogP contribution is 2.56. The van der Waals surface area contributed by atoms with Gasteiger partial charge < -0.3 is 18.6 Å². The quantitative estimate of drug-likeness (QED) is 0.165. The third-order valence-corrected chi connectivity index (χ3v) is 13.8. The van der Waals surface area contributed by atoms with Crippen molar-refractivity contribution in [3.8, 4) is 22.3 Å². The molecule has 11 aromatic rings. The van der Waals surface area contributed by atoms with Gasteiger partial charge in [-0.2, -0.15) is 0 Å². The van der Waals surface area contributed by atoms with Crippen molar-refractivity contribution in [3.63, 3.8) is 0 Å². The Bertz CT molecular complexity index is 5260. The Hall–Kier alpha value is -7.18. The zero-order valence-corrected chi connectivity index (χ0v) is 42.2. The Balaban J connectivity index is 1.39. The second kappa shape index (κ2) is 16.2. The lowest BCUT2D eigenvalue weighted by molar-refractivity contribution is 0.590. The molecule has 7 heteroatoms. The molecule has 0 saturated heterocycles. The molecule has 13 rings (SSSR count). The molecule has 2 aliphatic rings. The van der Waals surface area contributed by atoms with Gasteiger partial charge in [-0.05, 0) is 121 Å². The van der Waals surface area contributed by atoms with E-state index in [9.17, 15) is 21.9 Å². The number of benzene rings is 9. The van der Waals surface area contributed by atoms with Crippen molar-refractivity contribution in [3.05, 3.63) is 196 Å². The first kappa shape index (κ1) is 25.7. The van der Waals surface area contributed by atoms with Crippen LogP contribution in [0.3, 0.4) is 0 Å². The third-order valence-electron chi connectivity index (χ3n) is 13.4. The summed E-state index contributed by atoms with van der Waals surface area (Å²) in [5, 5.41) is -2.17. The molecule has 2 aromatic heterocycles. The van der Waals surface area contributed by atoms with Crippen LogP contribution < -0.4 is 26.2 Å². The van der Waals surface area contributed by atoms with Crippen LogP contribution in [0, 0.1) is 0 Å². The minimum absolute atomic E-state index is 0.0253. The minimum atomic E-state index is -1.77. The van der Waals surface area contributed by atoms with Crippen LogP contribution in [0.1, 0.15) is 115 Å². The lowest BCUT2D eigenvalue weighted by Gasteiger charge is -2.45. The number of halogens is 2. The zero-order valence-electron chi connectivity index (χ0n) is 66.7. The van der Waals surface area contributed by atoms with Crippen LogP contribution in [0.5, 0.6) is 0 Å². The Morgan fingerprint density at radius 2 is 0.849 bits per heavy atom. The molecule has 0 amide bonds. The Morgan fingerprint density at radius 3 is 1.25 bits per heavy atom. The summed E-state index contributed by atoms with van der Waals surface area (Å²) in [6, 6.07) is -16.9. The van der Waals surface area contributed by atoms with Crippen LogP contribution in [0.4, 0.5) is 34.1 Å². The minimum Gasteiger partial charge on any atom is -0.454 e. The van der Waals surface area contributed by atoms with Gasteiger partial charge in [-0.3, -0.25) is 0 Å². The predicted octanol–water partition coefficient (Wildman–Crippen LogP) is 18.1. The molecule has 4 nitrogen and oxygen atoms in total. The molecule has 0 N–H and O–H groups in total. The van der Waals surface area contributed by atoms with Crippen molar-refractivity contribution in [1.82, 2.24) is 0 Å². The number of hydrogen-bond donors (Lipinski definition) is 0. The van der Waals surface area contributed by atoms with Crippen molar-refractivity contribution in [2.24, 2.45) is 0 Å². The van der Waals surface area contributed by atoms with Crippen molar-refractivity contribution >= 4 is 124 Å². The maximum Gasteiger partial charge on any atom is 0.252 e. The molecule has 0 spiro atoms. The van der Waals surface area contributed by atoms with Gasteiger partial charge in [0.1, 0.15) is 11.2 Å². The van der Waals surface area contributed by atoms with Crippen LogP contribution in [0.25, 0.3) is 66.1 Å². The van der Waals surface area contributed by atoms with Crippen molar-refractivity contribution < 1.29 is 44.5 Å². The monoisotopic (exact) mass is 1010 g/mol. The fraction of sp³-hybridized carbons (Fsp3) is 0.182. The molecule has 0 atom stereocenters. The highest BCUT2D eigenvalue weighted by molar-refractivity contribution is 7.00. The van der Waals surface area contributed by atoms with Gasteiger partial charge in [0.2, 0.25) is 0 Å². The molecular formula is C66H55BCl2N2O2. The summed E-state index contributed by atoms with van der Waals surface area (Å²) in [6.45, 7) is 13.6. The molecule has 358 valence electrons. The van der Waals surface area contributed by atoms with E-state index in [0.717, 1.165) is 0 Å². The van der Waals surface area contributed by atoms with E-state index in [0.29, 0.717) is 0 Å². The van der Waals surface area contributed by atoms with E-state index in [4.69, 9.17) is 45.7 Å². The van der Waals surface area contributed by atoms with E-state index in [1.54, 1.807) is 74.4 Å². The van der Waals surface area contributed by atoms with Gasteiger partial charge in [0.25, 0.3) is 6.71 Å². The van der Waals surface area contributed by atoms with Crippen LogP contribution in [-0.2, 0) is 16.2 Å². The second-order valence-corrected chi connectivity index (χ2v) is 21.9. The molecule has 0 unspecified atom stereocenters. The molecule has 73 heavy (non-hydrogen) atoms. The Labute approximate surface area is 474 Å². The molecule has 0 bridgehead atoms. The van der Waals surface area contributed by atoms with E-state index in [1.807, 2.05) is 0 Å². The van der Waals surface area contributed by atoms with E-state index in [1.165, 1.54) is 9.80 Å². The maximum absolute atomic E-state index is 10.7. The maximum atomic E-state index is 10.7. The molecule has 0 fully saturated rings. The van der Waals surface area contributed by atoms with Gasteiger partial charge >= 0.3 is 0 Å². The van der Waals surface area contributed by atoms with E-state index >= 15 is 0 Å². The summed E-state index contributed by atoms with van der Waals surface area (Å²) < 4.78 is 263. The van der Waals surface area contributed by atoms with E-state index in [2.05, 4.69) is 0 Å². The van der Waals surface area contributed by atoms with Crippen LogP contribution >= 0.6 is 23.2 Å². The molecular weight excluding hydrogens is 934 g/mol.